The van der Waals surface area contributed by atoms with E-state index >= 15 is 0 Å². The van der Waals surface area contributed by atoms with Gasteiger partial charge in [-0.25, -0.2) is 0 Å². The summed E-state index contributed by atoms with van der Waals surface area (Å²) in [5.41, 5.74) is 7.23. The number of nitrogens with zero attached hydrogens (tertiary/aromatic N) is 3. The lowest BCUT2D eigenvalue weighted by molar-refractivity contribution is -0.120. The topological polar surface area (TPSA) is 107 Å². The third-order valence-electron chi connectivity index (χ3n) is 4.31. The van der Waals surface area contributed by atoms with E-state index in [0.717, 1.165) is 24.9 Å². The minimum atomic E-state index is -0.231. The highest BCUT2D eigenvalue weighted by molar-refractivity contribution is 5.96. The maximum absolute atomic E-state index is 12.8. The van der Waals surface area contributed by atoms with Crippen LogP contribution < -0.4 is 15.8 Å². The van der Waals surface area contributed by atoms with Crippen molar-refractivity contribution in [3.05, 3.63) is 35.5 Å². The molecule has 2 aromatic rings. The first-order chi connectivity index (χ1) is 12.1. The molecule has 1 unspecified atom stereocenters. The monoisotopic (exact) mass is 345 g/mol. The molecule has 1 aliphatic rings. The number of nitrogens with two attached hydrogens (primary N) is 1. The predicted octanol–water partition coefficient (Wildman–Crippen LogP) is 1.45. The van der Waals surface area contributed by atoms with Crippen molar-refractivity contribution in [3.63, 3.8) is 0 Å². The van der Waals surface area contributed by atoms with Gasteiger partial charge >= 0.3 is 0 Å². The van der Waals surface area contributed by atoms with E-state index in [4.69, 9.17) is 15.0 Å². The molecule has 1 aromatic carbocycles. The van der Waals surface area contributed by atoms with E-state index in [0.29, 0.717) is 29.7 Å². The summed E-state index contributed by atoms with van der Waals surface area (Å²) in [5.74, 6) is 1.55. The Labute approximate surface area is 146 Å². The zero-order valence-electron chi connectivity index (χ0n) is 14.5. The van der Waals surface area contributed by atoms with Gasteiger partial charge in [0.2, 0.25) is 11.8 Å². The van der Waals surface area contributed by atoms with Crippen LogP contribution in [0.3, 0.4) is 0 Å². The molecule has 1 saturated heterocycles. The van der Waals surface area contributed by atoms with Gasteiger partial charge in [0.05, 0.1) is 31.9 Å². The third kappa shape index (κ3) is 3.97. The number of amides is 1. The summed E-state index contributed by atoms with van der Waals surface area (Å²) in [6, 6.07) is 5.47. The van der Waals surface area contributed by atoms with Crippen molar-refractivity contribution in [1.29, 1.82) is 0 Å². The Morgan fingerprint density at radius 2 is 2.36 bits per heavy atom. The van der Waals surface area contributed by atoms with E-state index in [2.05, 4.69) is 20.4 Å². The van der Waals surface area contributed by atoms with Gasteiger partial charge in [-0.15, -0.1) is 0 Å². The second-order valence-electron chi connectivity index (χ2n) is 6.13. The third-order valence-corrected chi connectivity index (χ3v) is 4.31. The van der Waals surface area contributed by atoms with Crippen LogP contribution in [-0.4, -0.2) is 40.6 Å². The number of carbonyl (C=O) groups excluding carboxylic acids is 1. The first kappa shape index (κ1) is 17.4. The highest BCUT2D eigenvalue weighted by atomic mass is 16.5. The normalized spacial score (nSPS) is 17.6. The SMILES string of the molecule is COc1ccc(C)cc1NC(=O)C1CCCN1Cc1noc(CN)n1. The number of methoxy groups -OCH3 is 1. The van der Waals surface area contributed by atoms with Gasteiger partial charge in [-0.1, -0.05) is 11.2 Å². The molecule has 0 radical (unpaired) electrons. The van der Waals surface area contributed by atoms with Crippen molar-refractivity contribution in [1.82, 2.24) is 15.0 Å². The second kappa shape index (κ2) is 7.62. The number of ether oxygens (including phenoxy) is 1. The molecule has 1 atom stereocenters. The molecule has 8 nitrogen and oxygen atoms in total. The summed E-state index contributed by atoms with van der Waals surface area (Å²) < 4.78 is 10.4. The van der Waals surface area contributed by atoms with Crippen molar-refractivity contribution in [2.45, 2.75) is 38.9 Å². The van der Waals surface area contributed by atoms with Crippen LogP contribution in [0.1, 0.15) is 30.1 Å². The molecule has 3 rings (SSSR count). The van der Waals surface area contributed by atoms with E-state index in [1.165, 1.54) is 0 Å². The van der Waals surface area contributed by atoms with Crippen LogP contribution in [-0.2, 0) is 17.9 Å². The van der Waals surface area contributed by atoms with Crippen LogP contribution in [0.2, 0.25) is 0 Å². The summed E-state index contributed by atoms with van der Waals surface area (Å²) >= 11 is 0. The largest absolute Gasteiger partial charge is 0.495 e. The fourth-order valence-electron chi connectivity index (χ4n) is 3.07. The number of hydrogen-bond acceptors (Lipinski definition) is 7. The Kier molecular flexibility index (Phi) is 5.30. The van der Waals surface area contributed by atoms with Gasteiger partial charge in [0.1, 0.15) is 5.75 Å². The smallest absolute Gasteiger partial charge is 0.241 e. The number of likely N-dealkylation sites (tertiary alicyclic amines) is 1. The van der Waals surface area contributed by atoms with Crippen molar-refractivity contribution >= 4 is 11.6 Å². The number of aromatic nitrogens is 2. The fourth-order valence-corrected chi connectivity index (χ4v) is 3.07. The molecule has 1 fully saturated rings. The zero-order valence-corrected chi connectivity index (χ0v) is 14.5. The molecule has 1 amide bonds. The highest BCUT2D eigenvalue weighted by Gasteiger charge is 2.32. The van der Waals surface area contributed by atoms with E-state index in [1.807, 2.05) is 25.1 Å². The molecule has 1 aromatic heterocycles. The molecule has 25 heavy (non-hydrogen) atoms. The molecule has 134 valence electrons. The molecular formula is C17H23N5O3. The van der Waals surface area contributed by atoms with Gasteiger partial charge in [0, 0.05) is 0 Å². The molecule has 3 N–H and O–H groups in total. The summed E-state index contributed by atoms with van der Waals surface area (Å²) in [5, 5.41) is 6.89. The van der Waals surface area contributed by atoms with Gasteiger partial charge in [0.25, 0.3) is 0 Å². The van der Waals surface area contributed by atoms with Gasteiger partial charge in [0.15, 0.2) is 5.82 Å². The minimum Gasteiger partial charge on any atom is -0.495 e. The first-order valence-corrected chi connectivity index (χ1v) is 8.31. The molecule has 0 spiro atoms. The molecule has 1 aliphatic heterocycles. The van der Waals surface area contributed by atoms with Gasteiger partial charge < -0.3 is 20.3 Å². The second-order valence-corrected chi connectivity index (χ2v) is 6.13. The van der Waals surface area contributed by atoms with Crippen LogP contribution in [0.4, 0.5) is 5.69 Å². The number of benzene rings is 1. The van der Waals surface area contributed by atoms with Crippen LogP contribution in [0.5, 0.6) is 5.75 Å². The number of hydrogen-bond donors (Lipinski definition) is 2. The van der Waals surface area contributed by atoms with Crippen molar-refractivity contribution in [2.75, 3.05) is 19.0 Å². The number of nitrogens with one attached hydrogen (secondary N) is 1. The Morgan fingerprint density at radius 3 is 3.08 bits per heavy atom. The van der Waals surface area contributed by atoms with Crippen LogP contribution in [0.15, 0.2) is 22.7 Å². The van der Waals surface area contributed by atoms with Crippen molar-refractivity contribution < 1.29 is 14.1 Å². The van der Waals surface area contributed by atoms with E-state index in [1.54, 1.807) is 7.11 Å². The van der Waals surface area contributed by atoms with Crippen molar-refractivity contribution in [3.8, 4) is 5.75 Å². The Morgan fingerprint density at radius 1 is 1.52 bits per heavy atom. The average molecular weight is 345 g/mol. The number of anilines is 1. The van der Waals surface area contributed by atoms with Crippen LogP contribution in [0, 0.1) is 6.92 Å². The summed E-state index contributed by atoms with van der Waals surface area (Å²) in [4.78, 5) is 19.0. The van der Waals surface area contributed by atoms with E-state index in [9.17, 15) is 4.79 Å². The Balaban J connectivity index is 1.69. The molecule has 2 heterocycles. The number of aryl methyl sites for hydroxylation is 1. The lowest BCUT2D eigenvalue weighted by Gasteiger charge is -2.22. The minimum absolute atomic E-state index is 0.0519. The molecular weight excluding hydrogens is 322 g/mol. The van der Waals surface area contributed by atoms with Gasteiger partial charge in [-0.3, -0.25) is 9.69 Å². The van der Waals surface area contributed by atoms with E-state index in [-0.39, 0.29) is 18.5 Å². The standard InChI is InChI=1S/C17H23N5O3/c1-11-5-6-14(24-2)12(8-11)19-17(23)13-4-3-7-22(13)10-15-20-16(9-18)25-21-15/h5-6,8,13H,3-4,7,9-10,18H2,1-2H3,(H,19,23). The Hall–Kier alpha value is -2.45. The quantitative estimate of drug-likeness (QED) is 0.816. The molecule has 0 aliphatic carbocycles. The summed E-state index contributed by atoms with van der Waals surface area (Å²) in [7, 11) is 1.59. The van der Waals surface area contributed by atoms with Gasteiger partial charge in [-0.2, -0.15) is 4.98 Å². The Bertz CT molecular complexity index is 746. The fraction of sp³-hybridized carbons (Fsp3) is 0.471. The lowest BCUT2D eigenvalue weighted by atomic mass is 10.1. The number of rotatable bonds is 6. The van der Waals surface area contributed by atoms with Crippen LogP contribution >= 0.6 is 0 Å². The predicted molar refractivity (Wildman–Crippen MR) is 92.0 cm³/mol. The maximum atomic E-state index is 12.8. The number of carbonyl (C=O) groups is 1. The molecule has 0 bridgehead atoms. The summed E-state index contributed by atoms with van der Waals surface area (Å²) in [6.07, 6.45) is 1.74. The first-order valence-electron chi connectivity index (χ1n) is 8.31. The molecule has 8 heteroatoms. The lowest BCUT2D eigenvalue weighted by Crippen LogP contribution is -2.39. The van der Waals surface area contributed by atoms with Gasteiger partial charge in [-0.05, 0) is 44.0 Å². The molecule has 0 saturated carbocycles. The summed E-state index contributed by atoms with van der Waals surface area (Å²) in [6.45, 7) is 3.47. The highest BCUT2D eigenvalue weighted by Crippen LogP contribution is 2.27. The zero-order chi connectivity index (χ0) is 17.8. The van der Waals surface area contributed by atoms with Crippen molar-refractivity contribution in [2.24, 2.45) is 5.73 Å². The van der Waals surface area contributed by atoms with Crippen LogP contribution in [0.25, 0.3) is 0 Å². The van der Waals surface area contributed by atoms with E-state index < -0.39 is 0 Å². The maximum Gasteiger partial charge on any atom is 0.241 e. The average Bonchev–Trinajstić information content (AvgIpc) is 3.24.